The molecule has 348 valence electrons. The van der Waals surface area contributed by atoms with Gasteiger partial charge in [0, 0.05) is 100 Å². The van der Waals surface area contributed by atoms with Crippen molar-refractivity contribution in [3.05, 3.63) is 103 Å². The second-order valence-electron chi connectivity index (χ2n) is 17.9. The number of benzene rings is 1. The monoisotopic (exact) mass is 920 g/mol. The molecule has 1 unspecified atom stereocenters. The summed E-state index contributed by atoms with van der Waals surface area (Å²) in [4.78, 5) is 71.7. The van der Waals surface area contributed by atoms with Gasteiger partial charge >= 0.3 is 0 Å². The molecule has 0 spiro atoms. The van der Waals surface area contributed by atoms with E-state index in [2.05, 4.69) is 31.7 Å². The summed E-state index contributed by atoms with van der Waals surface area (Å²) in [6.45, 7) is 4.11. The Bertz CT molecular complexity index is 2910. The van der Waals surface area contributed by atoms with E-state index in [1.807, 2.05) is 32.8 Å². The van der Waals surface area contributed by atoms with Crippen molar-refractivity contribution in [3.8, 4) is 28.6 Å². The lowest BCUT2D eigenvalue weighted by Gasteiger charge is -2.40. The molecular weight excluding hydrogens is 872 g/mol. The standard InChI is InChI=1S/C48H49FN14O5/c49-37-22-35(55-38-5-8-42(64)57-46(38)66)4-6-40(37)58-16-11-48(68,12-17-58)23-43(65)60-14-9-36(10-15-60)62-29-34(28-53-62)39-30-63-45(33(24-50)27-54-63)44(56-39)31-3-7-41(52-26-31)59-18-20-61(21-19-59)47(67)32-2-1-13-51-25-32/h1-4,6-7,13,22,25-30,36,38,55,68H,5,8-12,14-21,23H2,(H,57,64,66). The molecule has 0 bridgehead atoms. The van der Waals surface area contributed by atoms with E-state index in [-0.39, 0.29) is 36.6 Å². The number of carbonyl (C=O) groups is 4. The van der Waals surface area contributed by atoms with Crippen LogP contribution in [0.1, 0.15) is 66.9 Å². The molecule has 4 aliphatic rings. The third-order valence-corrected chi connectivity index (χ3v) is 13.6. The van der Waals surface area contributed by atoms with E-state index >= 15 is 4.39 Å². The number of hydrogen-bond acceptors (Lipinski definition) is 14. The van der Waals surface area contributed by atoms with Crippen LogP contribution in [0, 0.1) is 17.1 Å². The summed E-state index contributed by atoms with van der Waals surface area (Å²) in [5, 5.41) is 36.0. The van der Waals surface area contributed by atoms with E-state index in [0.29, 0.717) is 129 Å². The van der Waals surface area contributed by atoms with Gasteiger partial charge < -0.3 is 30.0 Å². The number of nitriles is 1. The average Bonchev–Trinajstić information content (AvgIpc) is 4.04. The highest BCUT2D eigenvalue weighted by molar-refractivity contribution is 6.01. The number of piperazine rings is 1. The van der Waals surface area contributed by atoms with Gasteiger partial charge in [-0.25, -0.2) is 18.9 Å². The molecule has 4 fully saturated rings. The molecule has 1 aromatic carbocycles. The smallest absolute Gasteiger partial charge is 0.255 e. The normalized spacial score (nSPS) is 18.9. The van der Waals surface area contributed by atoms with Gasteiger partial charge in [-0.05, 0) is 74.6 Å². The Labute approximate surface area is 390 Å². The van der Waals surface area contributed by atoms with Crippen LogP contribution in [0.5, 0.6) is 0 Å². The van der Waals surface area contributed by atoms with E-state index < -0.39 is 23.4 Å². The van der Waals surface area contributed by atoms with Gasteiger partial charge in [0.15, 0.2) is 0 Å². The molecule has 4 saturated heterocycles. The van der Waals surface area contributed by atoms with Crippen LogP contribution >= 0.6 is 0 Å². The van der Waals surface area contributed by atoms with Gasteiger partial charge in [0.25, 0.3) is 5.91 Å². The van der Waals surface area contributed by atoms with Crippen molar-refractivity contribution in [3.63, 3.8) is 0 Å². The number of nitrogens with zero attached hydrogens (tertiary/aromatic N) is 12. The molecule has 6 aromatic rings. The number of hydrogen-bond donors (Lipinski definition) is 3. The second-order valence-corrected chi connectivity index (χ2v) is 17.9. The van der Waals surface area contributed by atoms with Gasteiger partial charge in [-0.15, -0.1) is 0 Å². The highest BCUT2D eigenvalue weighted by atomic mass is 19.1. The van der Waals surface area contributed by atoms with Crippen LogP contribution in [0.4, 0.5) is 21.6 Å². The van der Waals surface area contributed by atoms with Crippen molar-refractivity contribution in [2.45, 2.75) is 62.6 Å². The Hall–Kier alpha value is -7.79. The zero-order valence-corrected chi connectivity index (χ0v) is 37.2. The minimum atomic E-state index is -1.21. The molecule has 5 aromatic heterocycles. The molecular formula is C48H49FN14O5. The number of imide groups is 1. The quantitative estimate of drug-likeness (QED) is 0.166. The van der Waals surface area contributed by atoms with Crippen LogP contribution in [0.25, 0.3) is 28.0 Å². The first-order valence-corrected chi connectivity index (χ1v) is 22.9. The number of nitrogens with one attached hydrogen (secondary N) is 2. The maximum Gasteiger partial charge on any atom is 0.255 e. The van der Waals surface area contributed by atoms with E-state index in [4.69, 9.17) is 15.1 Å². The summed E-state index contributed by atoms with van der Waals surface area (Å²) in [6, 6.07) is 13.7. The minimum absolute atomic E-state index is 0.0169. The Balaban J connectivity index is 0.739. The van der Waals surface area contributed by atoms with Crippen molar-refractivity contribution in [1.29, 1.82) is 5.26 Å². The number of likely N-dealkylation sites (tertiary alicyclic amines) is 1. The second kappa shape index (κ2) is 18.5. The number of rotatable bonds is 10. The Morgan fingerprint density at radius 2 is 1.69 bits per heavy atom. The van der Waals surface area contributed by atoms with Gasteiger partial charge in [0.1, 0.15) is 34.8 Å². The number of piperidine rings is 3. The lowest BCUT2D eigenvalue weighted by Crippen LogP contribution is -2.49. The summed E-state index contributed by atoms with van der Waals surface area (Å²) >= 11 is 0. The Morgan fingerprint density at radius 3 is 2.40 bits per heavy atom. The lowest BCUT2D eigenvalue weighted by molar-refractivity contribution is -0.139. The van der Waals surface area contributed by atoms with E-state index in [1.54, 1.807) is 64.7 Å². The van der Waals surface area contributed by atoms with Crippen LogP contribution in [0.3, 0.4) is 0 Å². The molecule has 10 rings (SSSR count). The summed E-state index contributed by atoms with van der Waals surface area (Å²) in [7, 11) is 0. The maximum atomic E-state index is 15.3. The number of aliphatic hydroxyl groups is 1. The van der Waals surface area contributed by atoms with Crippen molar-refractivity contribution in [2.75, 3.05) is 67.5 Å². The summed E-state index contributed by atoms with van der Waals surface area (Å²) in [5.41, 5.74) is 3.75. The summed E-state index contributed by atoms with van der Waals surface area (Å²) in [5.74, 6) is -0.603. The van der Waals surface area contributed by atoms with E-state index in [1.165, 1.54) is 12.3 Å². The van der Waals surface area contributed by atoms with Gasteiger partial charge in [-0.1, -0.05) is 0 Å². The number of anilines is 3. The first-order chi connectivity index (χ1) is 33.0. The maximum absolute atomic E-state index is 15.3. The minimum Gasteiger partial charge on any atom is -0.389 e. The molecule has 3 N–H and O–H groups in total. The molecule has 9 heterocycles. The first kappa shape index (κ1) is 44.1. The summed E-state index contributed by atoms with van der Waals surface area (Å²) < 4.78 is 18.9. The molecule has 0 saturated carbocycles. The number of pyridine rings is 2. The Kier molecular flexibility index (Phi) is 12.0. The van der Waals surface area contributed by atoms with Crippen LogP contribution in [0.15, 0.2) is 85.8 Å². The van der Waals surface area contributed by atoms with Crippen molar-refractivity contribution in [2.24, 2.45) is 0 Å². The number of fused-ring (bicyclic) bond motifs is 1. The van der Waals surface area contributed by atoms with Crippen LogP contribution < -0.4 is 20.4 Å². The molecule has 0 aliphatic carbocycles. The molecule has 20 heteroatoms. The highest BCUT2D eigenvalue weighted by Crippen LogP contribution is 2.34. The fraction of sp³-hybridized carbons (Fsp3) is 0.375. The predicted molar refractivity (Wildman–Crippen MR) is 247 cm³/mol. The predicted octanol–water partition coefficient (Wildman–Crippen LogP) is 3.83. The van der Waals surface area contributed by atoms with Crippen molar-refractivity contribution in [1.82, 2.24) is 49.5 Å². The summed E-state index contributed by atoms with van der Waals surface area (Å²) in [6.07, 6.45) is 14.4. The fourth-order valence-electron chi connectivity index (χ4n) is 9.63. The zero-order chi connectivity index (χ0) is 46.9. The lowest BCUT2D eigenvalue weighted by atomic mass is 9.87. The zero-order valence-electron chi connectivity index (χ0n) is 37.2. The third-order valence-electron chi connectivity index (χ3n) is 13.6. The first-order valence-electron chi connectivity index (χ1n) is 22.9. The molecule has 0 radical (unpaired) electrons. The van der Waals surface area contributed by atoms with E-state index in [0.717, 1.165) is 11.4 Å². The molecule has 4 aliphatic heterocycles. The Morgan fingerprint density at radius 1 is 0.882 bits per heavy atom. The number of halogens is 1. The molecule has 68 heavy (non-hydrogen) atoms. The van der Waals surface area contributed by atoms with E-state index in [9.17, 15) is 29.5 Å². The fourth-order valence-corrected chi connectivity index (χ4v) is 9.63. The molecule has 1 atom stereocenters. The largest absolute Gasteiger partial charge is 0.389 e. The average molecular weight is 921 g/mol. The van der Waals surface area contributed by atoms with Gasteiger partial charge in [0.2, 0.25) is 17.7 Å². The molecule has 4 amide bonds. The number of amides is 4. The molecule has 19 nitrogen and oxygen atoms in total. The van der Waals surface area contributed by atoms with Crippen LogP contribution in [-0.4, -0.2) is 137 Å². The topological polar surface area (TPSA) is 223 Å². The number of aromatic nitrogens is 7. The van der Waals surface area contributed by atoms with Crippen LogP contribution in [0.2, 0.25) is 0 Å². The van der Waals surface area contributed by atoms with Crippen molar-refractivity contribution >= 4 is 46.3 Å². The van der Waals surface area contributed by atoms with Gasteiger partial charge in [-0.2, -0.15) is 15.5 Å². The van der Waals surface area contributed by atoms with Gasteiger partial charge in [-0.3, -0.25) is 34.2 Å². The van der Waals surface area contributed by atoms with Crippen molar-refractivity contribution < 1.29 is 28.7 Å². The van der Waals surface area contributed by atoms with Crippen LogP contribution in [-0.2, 0) is 14.4 Å². The van der Waals surface area contributed by atoms with Gasteiger partial charge in [0.05, 0.1) is 59.3 Å². The SMILES string of the molecule is N#Cc1cnn2cc(-c3cnn(C4CCN(C(=O)CC5(O)CCN(c6ccc(NC7CCC(=O)NC7=O)cc6F)CC5)CC4)c3)nc(-c3ccc(N4CCN(C(=O)c5cccnc5)CC4)nc3)c12. The number of carbonyl (C=O) groups excluding carboxylic acids is 4. The highest BCUT2D eigenvalue weighted by Gasteiger charge is 2.38. The third kappa shape index (κ3) is 9.04.